The normalized spacial score (nSPS) is 14.7. The molecule has 4 rings (SSSR count). The minimum atomic E-state index is -0.515. The fourth-order valence-electron chi connectivity index (χ4n) is 5.45. The van der Waals surface area contributed by atoms with Gasteiger partial charge in [-0.2, -0.15) is 0 Å². The van der Waals surface area contributed by atoms with Crippen LogP contribution in [0.25, 0.3) is 22.3 Å². The first kappa shape index (κ1) is 28.5. The predicted molar refractivity (Wildman–Crippen MR) is 154 cm³/mol. The zero-order valence-corrected chi connectivity index (χ0v) is 23.7. The van der Waals surface area contributed by atoms with E-state index in [9.17, 15) is 14.0 Å². The number of ether oxygens (including phenoxy) is 1. The number of carbonyl (C=O) groups is 1. The highest BCUT2D eigenvalue weighted by atomic mass is 19.1. The maximum absolute atomic E-state index is 14.1. The van der Waals surface area contributed by atoms with Gasteiger partial charge in [0.15, 0.2) is 11.6 Å². The molecular formula is C30H40FN5O3. The zero-order valence-electron chi connectivity index (χ0n) is 23.7. The molecule has 0 saturated carbocycles. The second kappa shape index (κ2) is 12.6. The smallest absolute Gasteiger partial charge is 0.262 e. The molecule has 1 saturated heterocycles. The summed E-state index contributed by atoms with van der Waals surface area (Å²) in [5.74, 6) is -0.487. The molecule has 39 heavy (non-hydrogen) atoms. The number of hydrogen-bond donors (Lipinski definition) is 1. The Morgan fingerprint density at radius 2 is 1.85 bits per heavy atom. The van der Waals surface area contributed by atoms with Gasteiger partial charge in [-0.3, -0.25) is 19.1 Å². The second-order valence-electron chi connectivity index (χ2n) is 10.4. The van der Waals surface area contributed by atoms with Crippen LogP contribution >= 0.6 is 0 Å². The molecule has 1 fully saturated rings. The van der Waals surface area contributed by atoms with Crippen LogP contribution in [0.1, 0.15) is 47.0 Å². The Morgan fingerprint density at radius 3 is 2.54 bits per heavy atom. The molecule has 0 unspecified atom stereocenters. The zero-order chi connectivity index (χ0) is 28.1. The quantitative estimate of drug-likeness (QED) is 0.435. The topological polar surface area (TPSA) is 79.7 Å². The van der Waals surface area contributed by atoms with E-state index in [0.29, 0.717) is 22.5 Å². The maximum atomic E-state index is 14.1. The number of amides is 1. The van der Waals surface area contributed by atoms with Crippen LogP contribution in [-0.2, 0) is 11.3 Å². The van der Waals surface area contributed by atoms with Gasteiger partial charge >= 0.3 is 0 Å². The lowest BCUT2D eigenvalue weighted by Crippen LogP contribution is -2.38. The molecule has 1 aromatic heterocycles. The Hall–Kier alpha value is -3.46. The van der Waals surface area contributed by atoms with Gasteiger partial charge < -0.3 is 15.0 Å². The lowest BCUT2D eigenvalue weighted by Gasteiger charge is -2.29. The van der Waals surface area contributed by atoms with Crippen LogP contribution < -0.4 is 20.5 Å². The van der Waals surface area contributed by atoms with Gasteiger partial charge in [-0.25, -0.2) is 9.37 Å². The Kier molecular flexibility index (Phi) is 9.22. The van der Waals surface area contributed by atoms with Gasteiger partial charge in [0.2, 0.25) is 5.91 Å². The van der Waals surface area contributed by atoms with Crippen molar-refractivity contribution in [2.75, 3.05) is 38.2 Å². The number of hydrogen-bond acceptors (Lipinski definition) is 6. The second-order valence-corrected chi connectivity index (χ2v) is 10.4. The molecule has 0 atom stereocenters. The third-order valence-corrected chi connectivity index (χ3v) is 7.45. The van der Waals surface area contributed by atoms with Gasteiger partial charge in [-0.05, 0) is 69.5 Å². The van der Waals surface area contributed by atoms with Crippen LogP contribution in [-0.4, -0.2) is 65.7 Å². The molecule has 210 valence electrons. The molecule has 1 aliphatic rings. The lowest BCUT2D eigenvalue weighted by molar-refractivity contribution is -0.122. The first-order chi connectivity index (χ1) is 18.7. The minimum absolute atomic E-state index is 0.0407. The SMILES string of the molecule is CCC(CC)N1CCCN(c2ccc3nc(-c4ccc(F)c(OC)c4)n(CC(=O)NC(C)C)c(=O)c3c2)CC1. The number of benzene rings is 2. The van der Waals surface area contributed by atoms with E-state index in [4.69, 9.17) is 9.72 Å². The molecule has 9 heteroatoms. The third kappa shape index (κ3) is 6.41. The summed E-state index contributed by atoms with van der Waals surface area (Å²) in [6.45, 7) is 11.9. The number of methoxy groups -OCH3 is 1. The van der Waals surface area contributed by atoms with E-state index in [0.717, 1.165) is 51.1 Å². The summed E-state index contributed by atoms with van der Waals surface area (Å²) in [5, 5.41) is 3.29. The van der Waals surface area contributed by atoms with Gasteiger partial charge in [0.25, 0.3) is 5.56 Å². The van der Waals surface area contributed by atoms with E-state index in [-0.39, 0.29) is 35.6 Å². The van der Waals surface area contributed by atoms with Crippen LogP contribution in [0, 0.1) is 5.82 Å². The highest BCUT2D eigenvalue weighted by Crippen LogP contribution is 2.27. The molecule has 3 aromatic rings. The molecule has 0 bridgehead atoms. The number of rotatable bonds is 9. The van der Waals surface area contributed by atoms with Crippen LogP contribution in [0.4, 0.5) is 10.1 Å². The molecule has 0 radical (unpaired) electrons. The maximum Gasteiger partial charge on any atom is 0.262 e. The van der Waals surface area contributed by atoms with E-state index < -0.39 is 5.82 Å². The summed E-state index contributed by atoms with van der Waals surface area (Å²) in [6.07, 6.45) is 3.34. The summed E-state index contributed by atoms with van der Waals surface area (Å²) in [4.78, 5) is 36.4. The Labute approximate surface area is 229 Å². The Balaban J connectivity index is 1.75. The van der Waals surface area contributed by atoms with Crippen molar-refractivity contribution >= 4 is 22.5 Å². The number of carbonyl (C=O) groups excluding carboxylic acids is 1. The van der Waals surface area contributed by atoms with Crippen LogP contribution in [0.15, 0.2) is 41.2 Å². The van der Waals surface area contributed by atoms with Gasteiger partial charge in [0.1, 0.15) is 12.4 Å². The number of halogens is 1. The molecule has 2 heterocycles. The number of nitrogens with zero attached hydrogens (tertiary/aromatic N) is 4. The fourth-order valence-corrected chi connectivity index (χ4v) is 5.45. The van der Waals surface area contributed by atoms with E-state index in [1.807, 2.05) is 32.0 Å². The van der Waals surface area contributed by atoms with Crippen molar-refractivity contribution in [3.8, 4) is 17.1 Å². The van der Waals surface area contributed by atoms with E-state index in [1.165, 1.54) is 23.8 Å². The average Bonchev–Trinajstić information content (AvgIpc) is 3.17. The summed E-state index contributed by atoms with van der Waals surface area (Å²) >= 11 is 0. The van der Waals surface area contributed by atoms with Crippen molar-refractivity contribution in [1.29, 1.82) is 0 Å². The molecular weight excluding hydrogens is 497 g/mol. The van der Waals surface area contributed by atoms with Crippen LogP contribution in [0.3, 0.4) is 0 Å². The van der Waals surface area contributed by atoms with Crippen LogP contribution in [0.2, 0.25) is 0 Å². The van der Waals surface area contributed by atoms with Crippen molar-refractivity contribution in [3.63, 3.8) is 0 Å². The van der Waals surface area contributed by atoms with Crippen molar-refractivity contribution in [1.82, 2.24) is 19.8 Å². The third-order valence-electron chi connectivity index (χ3n) is 7.45. The molecule has 0 aliphatic carbocycles. The van der Waals surface area contributed by atoms with Crippen molar-refractivity contribution < 1.29 is 13.9 Å². The van der Waals surface area contributed by atoms with Gasteiger partial charge in [-0.1, -0.05) is 13.8 Å². The van der Waals surface area contributed by atoms with E-state index >= 15 is 0 Å². The van der Waals surface area contributed by atoms with Gasteiger partial charge in [0.05, 0.1) is 18.0 Å². The summed E-state index contributed by atoms with van der Waals surface area (Å²) in [6, 6.07) is 10.6. The first-order valence-corrected chi connectivity index (χ1v) is 13.9. The van der Waals surface area contributed by atoms with E-state index in [1.54, 1.807) is 6.07 Å². The largest absolute Gasteiger partial charge is 0.494 e. The summed E-state index contributed by atoms with van der Waals surface area (Å²) in [7, 11) is 1.38. The fraction of sp³-hybridized carbons (Fsp3) is 0.500. The minimum Gasteiger partial charge on any atom is -0.494 e. The molecule has 1 N–H and O–H groups in total. The Bertz CT molecular complexity index is 1370. The predicted octanol–water partition coefficient (Wildman–Crippen LogP) is 4.44. The standard InChI is InChI=1S/C30H40FN5O3/c1-6-22(7-2)34-13-8-14-35(16-15-34)23-10-12-26-24(18-23)30(38)36(19-28(37)32-20(3)4)29(33-26)21-9-11-25(31)27(17-21)39-5/h9-12,17-18,20,22H,6-8,13-16,19H2,1-5H3,(H,32,37). The van der Waals surface area contributed by atoms with Gasteiger partial charge in [-0.15, -0.1) is 0 Å². The lowest BCUT2D eigenvalue weighted by atomic mass is 10.1. The molecule has 1 amide bonds. The highest BCUT2D eigenvalue weighted by Gasteiger charge is 2.22. The average molecular weight is 538 g/mol. The molecule has 1 aliphatic heterocycles. The Morgan fingerprint density at radius 1 is 1.08 bits per heavy atom. The number of nitrogens with one attached hydrogen (secondary N) is 1. The summed E-state index contributed by atoms with van der Waals surface area (Å²) < 4.78 is 20.7. The van der Waals surface area contributed by atoms with E-state index in [2.05, 4.69) is 29.0 Å². The van der Waals surface area contributed by atoms with Crippen molar-refractivity contribution in [2.24, 2.45) is 0 Å². The van der Waals surface area contributed by atoms with Crippen molar-refractivity contribution in [2.45, 2.75) is 65.6 Å². The number of fused-ring (bicyclic) bond motifs is 1. The highest BCUT2D eigenvalue weighted by molar-refractivity contribution is 5.84. The molecule has 0 spiro atoms. The van der Waals surface area contributed by atoms with Gasteiger partial charge in [0, 0.05) is 49.5 Å². The number of aromatic nitrogens is 2. The van der Waals surface area contributed by atoms with Crippen LogP contribution in [0.5, 0.6) is 5.75 Å². The number of anilines is 1. The first-order valence-electron chi connectivity index (χ1n) is 13.9. The monoisotopic (exact) mass is 537 g/mol. The van der Waals surface area contributed by atoms with Crippen molar-refractivity contribution in [3.05, 3.63) is 52.6 Å². The molecule has 2 aromatic carbocycles. The molecule has 8 nitrogen and oxygen atoms in total. The summed E-state index contributed by atoms with van der Waals surface area (Å²) in [5.41, 5.74) is 1.67.